The summed E-state index contributed by atoms with van der Waals surface area (Å²) in [5.41, 5.74) is 2.23. The van der Waals surface area contributed by atoms with Gasteiger partial charge in [-0.05, 0) is 55.8 Å². The van der Waals surface area contributed by atoms with Gasteiger partial charge in [0.25, 0.3) is 0 Å². The van der Waals surface area contributed by atoms with E-state index < -0.39 is 0 Å². The Morgan fingerprint density at radius 2 is 1.87 bits per heavy atom. The molecule has 5 heteroatoms. The van der Waals surface area contributed by atoms with Crippen molar-refractivity contribution in [3.05, 3.63) is 78.1 Å². The maximum absolute atomic E-state index is 12.6. The zero-order valence-corrected chi connectivity index (χ0v) is 18.0. The lowest BCUT2D eigenvalue weighted by Crippen LogP contribution is -2.36. The number of hydrogen-bond donors (Lipinski definition) is 1. The summed E-state index contributed by atoms with van der Waals surface area (Å²) in [5, 5.41) is 3.14. The third-order valence-corrected chi connectivity index (χ3v) is 5.87. The van der Waals surface area contributed by atoms with Crippen LogP contribution in [0.3, 0.4) is 0 Å². The second-order valence-electron chi connectivity index (χ2n) is 7.97. The van der Waals surface area contributed by atoms with E-state index in [9.17, 15) is 4.79 Å². The number of aryl methyl sites for hydroxylation is 1. The summed E-state index contributed by atoms with van der Waals surface area (Å²) in [5.74, 6) is 2.56. The number of carbonyl (C=O) groups excluding carboxylic acids is 1. The standard InChI is InChI=1S/C26H30N2O3/c1-30-23-11-7-10-21(18-23)24(28-16-5-6-17-28)19-27-26(29)15-13-22-12-14-25(31-22)20-8-3-2-4-9-20/h2-4,7-12,14,18,24H,5-6,13,15-17,19H2,1H3,(H,27,29)/t24-/m1/s1. The number of hydrogen-bond acceptors (Lipinski definition) is 4. The summed E-state index contributed by atoms with van der Waals surface area (Å²) in [4.78, 5) is 15.0. The van der Waals surface area contributed by atoms with Gasteiger partial charge in [-0.2, -0.15) is 0 Å². The molecule has 1 aliphatic heterocycles. The van der Waals surface area contributed by atoms with Crippen LogP contribution in [-0.2, 0) is 11.2 Å². The molecule has 0 unspecified atom stereocenters. The summed E-state index contributed by atoms with van der Waals surface area (Å²) in [6.07, 6.45) is 3.41. The van der Waals surface area contributed by atoms with E-state index in [1.807, 2.05) is 54.6 Å². The van der Waals surface area contributed by atoms with Crippen LogP contribution >= 0.6 is 0 Å². The van der Waals surface area contributed by atoms with Gasteiger partial charge in [0.05, 0.1) is 13.2 Å². The minimum atomic E-state index is 0.0461. The van der Waals surface area contributed by atoms with Crippen molar-refractivity contribution in [1.82, 2.24) is 10.2 Å². The fourth-order valence-electron chi connectivity index (χ4n) is 4.17. The molecule has 0 aliphatic carbocycles. The van der Waals surface area contributed by atoms with Crippen LogP contribution < -0.4 is 10.1 Å². The number of nitrogens with one attached hydrogen (secondary N) is 1. The maximum Gasteiger partial charge on any atom is 0.220 e. The number of likely N-dealkylation sites (tertiary alicyclic amines) is 1. The molecule has 31 heavy (non-hydrogen) atoms. The first-order valence-corrected chi connectivity index (χ1v) is 11.0. The molecule has 1 aliphatic rings. The molecule has 1 aromatic heterocycles. The van der Waals surface area contributed by atoms with Gasteiger partial charge in [0.1, 0.15) is 17.3 Å². The molecule has 1 amide bonds. The summed E-state index contributed by atoms with van der Waals surface area (Å²) in [7, 11) is 1.68. The minimum Gasteiger partial charge on any atom is -0.497 e. The highest BCUT2D eigenvalue weighted by atomic mass is 16.5. The van der Waals surface area contributed by atoms with E-state index in [1.165, 1.54) is 18.4 Å². The van der Waals surface area contributed by atoms with Gasteiger partial charge < -0.3 is 14.5 Å². The molecule has 3 aromatic rings. The third kappa shape index (κ3) is 5.56. The van der Waals surface area contributed by atoms with E-state index in [0.717, 1.165) is 35.9 Å². The Labute approximate surface area is 184 Å². The normalized spacial score (nSPS) is 15.0. The highest BCUT2D eigenvalue weighted by Crippen LogP contribution is 2.27. The van der Waals surface area contributed by atoms with E-state index in [2.05, 4.69) is 22.3 Å². The highest BCUT2D eigenvalue weighted by Gasteiger charge is 2.24. The average molecular weight is 419 g/mol. The Kier molecular flexibility index (Phi) is 7.05. The Morgan fingerprint density at radius 3 is 2.65 bits per heavy atom. The lowest BCUT2D eigenvalue weighted by Gasteiger charge is -2.28. The van der Waals surface area contributed by atoms with Crippen molar-refractivity contribution in [1.29, 1.82) is 0 Å². The molecule has 2 heterocycles. The molecule has 0 bridgehead atoms. The van der Waals surface area contributed by atoms with Crippen LogP contribution in [0, 0.1) is 0 Å². The zero-order valence-electron chi connectivity index (χ0n) is 18.0. The van der Waals surface area contributed by atoms with E-state index in [0.29, 0.717) is 19.4 Å². The van der Waals surface area contributed by atoms with Crippen molar-refractivity contribution in [3.63, 3.8) is 0 Å². The van der Waals surface area contributed by atoms with Crippen molar-refractivity contribution in [3.8, 4) is 17.1 Å². The molecule has 1 N–H and O–H groups in total. The number of furan rings is 1. The maximum atomic E-state index is 12.6. The summed E-state index contributed by atoms with van der Waals surface area (Å²) in [6, 6.07) is 22.2. The van der Waals surface area contributed by atoms with Crippen molar-refractivity contribution < 1.29 is 13.9 Å². The number of amides is 1. The average Bonchev–Trinajstić information content (AvgIpc) is 3.51. The predicted octanol–water partition coefficient (Wildman–Crippen LogP) is 4.84. The second kappa shape index (κ2) is 10.3. The number of benzene rings is 2. The fourth-order valence-corrected chi connectivity index (χ4v) is 4.17. The van der Waals surface area contributed by atoms with Crippen LogP contribution in [0.5, 0.6) is 5.75 Å². The molecular weight excluding hydrogens is 388 g/mol. The van der Waals surface area contributed by atoms with Gasteiger partial charge in [0.2, 0.25) is 5.91 Å². The summed E-state index contributed by atoms with van der Waals surface area (Å²) < 4.78 is 11.3. The van der Waals surface area contributed by atoms with Crippen molar-refractivity contribution in [2.45, 2.75) is 31.7 Å². The molecule has 5 nitrogen and oxygen atoms in total. The van der Waals surface area contributed by atoms with Gasteiger partial charge in [-0.15, -0.1) is 0 Å². The van der Waals surface area contributed by atoms with Crippen LogP contribution in [0.2, 0.25) is 0 Å². The van der Waals surface area contributed by atoms with Crippen LogP contribution in [-0.4, -0.2) is 37.6 Å². The Morgan fingerprint density at radius 1 is 1.06 bits per heavy atom. The Bertz CT molecular complexity index is 977. The van der Waals surface area contributed by atoms with E-state index in [-0.39, 0.29) is 11.9 Å². The molecule has 2 aromatic carbocycles. The van der Waals surface area contributed by atoms with Crippen LogP contribution in [0.25, 0.3) is 11.3 Å². The van der Waals surface area contributed by atoms with E-state index in [4.69, 9.17) is 9.15 Å². The predicted molar refractivity (Wildman–Crippen MR) is 122 cm³/mol. The molecule has 4 rings (SSSR count). The first-order chi connectivity index (χ1) is 15.2. The smallest absolute Gasteiger partial charge is 0.220 e. The van der Waals surface area contributed by atoms with Crippen molar-refractivity contribution in [2.75, 3.05) is 26.7 Å². The summed E-state index contributed by atoms with van der Waals surface area (Å²) in [6.45, 7) is 2.72. The first-order valence-electron chi connectivity index (χ1n) is 11.0. The number of carbonyl (C=O) groups is 1. The van der Waals surface area contributed by atoms with Gasteiger partial charge in [-0.25, -0.2) is 0 Å². The SMILES string of the molecule is COc1cccc([C@@H](CNC(=O)CCc2ccc(-c3ccccc3)o2)N2CCCC2)c1. The van der Waals surface area contributed by atoms with Gasteiger partial charge in [0, 0.05) is 24.9 Å². The molecule has 0 spiro atoms. The highest BCUT2D eigenvalue weighted by molar-refractivity contribution is 5.76. The van der Waals surface area contributed by atoms with E-state index >= 15 is 0 Å². The largest absolute Gasteiger partial charge is 0.497 e. The van der Waals surface area contributed by atoms with Gasteiger partial charge in [-0.1, -0.05) is 42.5 Å². The second-order valence-corrected chi connectivity index (χ2v) is 7.97. The molecule has 1 fully saturated rings. The Balaban J connectivity index is 1.33. The number of nitrogens with zero attached hydrogens (tertiary/aromatic N) is 1. The number of methoxy groups -OCH3 is 1. The monoisotopic (exact) mass is 418 g/mol. The molecule has 162 valence electrons. The topological polar surface area (TPSA) is 54.7 Å². The van der Waals surface area contributed by atoms with Crippen molar-refractivity contribution >= 4 is 5.91 Å². The van der Waals surface area contributed by atoms with E-state index in [1.54, 1.807) is 7.11 Å². The minimum absolute atomic E-state index is 0.0461. The van der Waals surface area contributed by atoms with Crippen LogP contribution in [0.4, 0.5) is 0 Å². The fraction of sp³-hybridized carbons (Fsp3) is 0.346. The molecule has 1 saturated heterocycles. The lowest BCUT2D eigenvalue weighted by atomic mass is 10.0. The zero-order chi connectivity index (χ0) is 21.5. The van der Waals surface area contributed by atoms with Gasteiger partial charge in [-0.3, -0.25) is 9.69 Å². The van der Waals surface area contributed by atoms with Crippen LogP contribution in [0.1, 0.15) is 36.6 Å². The first kappa shape index (κ1) is 21.2. The van der Waals surface area contributed by atoms with Crippen LogP contribution in [0.15, 0.2) is 71.1 Å². The lowest BCUT2D eigenvalue weighted by molar-refractivity contribution is -0.121. The Hall–Kier alpha value is -3.05. The quantitative estimate of drug-likeness (QED) is 0.540. The van der Waals surface area contributed by atoms with Crippen molar-refractivity contribution in [2.24, 2.45) is 0 Å². The summed E-state index contributed by atoms with van der Waals surface area (Å²) >= 11 is 0. The molecule has 0 saturated carbocycles. The molecule has 1 atom stereocenters. The number of rotatable bonds is 9. The third-order valence-electron chi connectivity index (χ3n) is 5.87. The van der Waals surface area contributed by atoms with Gasteiger partial charge >= 0.3 is 0 Å². The molecule has 0 radical (unpaired) electrons. The number of ether oxygens (including phenoxy) is 1. The van der Waals surface area contributed by atoms with Gasteiger partial charge in [0.15, 0.2) is 0 Å². The molecular formula is C26H30N2O3.